The zero-order chi connectivity index (χ0) is 44.0. The van der Waals surface area contributed by atoms with Gasteiger partial charge < -0.3 is 9.64 Å². The van der Waals surface area contributed by atoms with Gasteiger partial charge in [0, 0.05) is 33.5 Å². The number of para-hydroxylation sites is 1. The molecule has 1 spiro atoms. The van der Waals surface area contributed by atoms with Gasteiger partial charge in [0.05, 0.1) is 11.1 Å². The lowest BCUT2D eigenvalue weighted by molar-refractivity contribution is 0.437. The second kappa shape index (κ2) is 14.7. The van der Waals surface area contributed by atoms with E-state index in [1.165, 1.54) is 55.6 Å². The van der Waals surface area contributed by atoms with Gasteiger partial charge in [-0.1, -0.05) is 208 Å². The molecule has 1 aliphatic heterocycles. The molecule has 0 amide bonds. The van der Waals surface area contributed by atoms with Gasteiger partial charge >= 0.3 is 0 Å². The van der Waals surface area contributed by atoms with E-state index < -0.39 is 5.41 Å². The second-order valence-electron chi connectivity index (χ2n) is 18.4. The van der Waals surface area contributed by atoms with Crippen LogP contribution in [0.15, 0.2) is 237 Å². The minimum absolute atomic E-state index is 0.164. The number of hydrogen-bond acceptors (Lipinski definition) is 2. The summed E-state index contributed by atoms with van der Waals surface area (Å²) in [5.41, 5.74) is 22.0. The molecule has 2 aliphatic carbocycles. The van der Waals surface area contributed by atoms with E-state index in [-0.39, 0.29) is 5.41 Å². The highest BCUT2D eigenvalue weighted by Gasteiger charge is 2.51. The molecule has 0 radical (unpaired) electrons. The van der Waals surface area contributed by atoms with Crippen LogP contribution in [0, 0.1) is 0 Å². The predicted molar refractivity (Wildman–Crippen MR) is 272 cm³/mol. The van der Waals surface area contributed by atoms with E-state index in [0.29, 0.717) is 0 Å². The van der Waals surface area contributed by atoms with Crippen molar-refractivity contribution < 1.29 is 4.74 Å². The smallest absolute Gasteiger partial charge is 0.132 e. The van der Waals surface area contributed by atoms with Crippen molar-refractivity contribution >= 4 is 17.1 Å². The summed E-state index contributed by atoms with van der Waals surface area (Å²) in [7, 11) is 0. The maximum absolute atomic E-state index is 7.18. The van der Waals surface area contributed by atoms with Gasteiger partial charge in [0.15, 0.2) is 0 Å². The zero-order valence-corrected chi connectivity index (χ0v) is 36.9. The SMILES string of the molecule is CC1(C)c2ccccc2-c2ccc(N(c3ccc4c(c3)C3(c5ccc(-c6ccccc6)cc5Oc5cc(-c6ccccc6)ccc53)c3ccccc3-4)c3ccccc3-c3ccccc3)cc21. The molecule has 0 atom stereocenters. The highest BCUT2D eigenvalue weighted by atomic mass is 16.5. The Labute approximate surface area is 386 Å². The third kappa shape index (κ3) is 5.61. The molecule has 13 rings (SSSR count). The number of ether oxygens (including phenoxy) is 1. The molecule has 2 heteroatoms. The van der Waals surface area contributed by atoms with Crippen LogP contribution in [0.1, 0.15) is 47.2 Å². The van der Waals surface area contributed by atoms with Crippen molar-refractivity contribution in [1.82, 2.24) is 0 Å². The summed E-state index contributed by atoms with van der Waals surface area (Å²) in [6, 6.07) is 86.9. The monoisotopic (exact) mass is 843 g/mol. The number of rotatable bonds is 6. The van der Waals surface area contributed by atoms with E-state index in [1.807, 2.05) is 0 Å². The number of hydrogen-bond donors (Lipinski definition) is 0. The summed E-state index contributed by atoms with van der Waals surface area (Å²) >= 11 is 0. The molecular formula is C64H45NO. The van der Waals surface area contributed by atoms with E-state index >= 15 is 0 Å². The first-order valence-electron chi connectivity index (χ1n) is 23.0. The molecule has 3 aliphatic rings. The molecule has 66 heavy (non-hydrogen) atoms. The maximum atomic E-state index is 7.18. The Hall–Kier alpha value is -8.20. The van der Waals surface area contributed by atoms with Gasteiger partial charge in [0.2, 0.25) is 0 Å². The Morgan fingerprint density at radius 2 is 0.742 bits per heavy atom. The third-order valence-corrected chi connectivity index (χ3v) is 14.5. The second-order valence-corrected chi connectivity index (χ2v) is 18.4. The van der Waals surface area contributed by atoms with Crippen molar-refractivity contribution in [3.63, 3.8) is 0 Å². The van der Waals surface area contributed by atoms with Crippen LogP contribution in [-0.4, -0.2) is 0 Å². The van der Waals surface area contributed by atoms with Crippen molar-refractivity contribution in [3.05, 3.63) is 270 Å². The van der Waals surface area contributed by atoms with Crippen molar-refractivity contribution in [2.45, 2.75) is 24.7 Å². The number of anilines is 3. The topological polar surface area (TPSA) is 12.5 Å². The third-order valence-electron chi connectivity index (χ3n) is 14.5. The Morgan fingerprint density at radius 1 is 0.303 bits per heavy atom. The van der Waals surface area contributed by atoms with Gasteiger partial charge in [-0.05, 0) is 115 Å². The number of fused-ring (bicyclic) bond motifs is 12. The van der Waals surface area contributed by atoms with E-state index in [1.54, 1.807) is 0 Å². The maximum Gasteiger partial charge on any atom is 0.132 e. The molecule has 0 bridgehead atoms. The summed E-state index contributed by atoms with van der Waals surface area (Å²) in [4.78, 5) is 2.50. The molecule has 0 fully saturated rings. The zero-order valence-electron chi connectivity index (χ0n) is 36.9. The molecule has 1 heterocycles. The van der Waals surface area contributed by atoms with E-state index in [0.717, 1.165) is 61.9 Å². The molecule has 10 aromatic rings. The fourth-order valence-corrected chi connectivity index (χ4v) is 11.5. The van der Waals surface area contributed by atoms with Crippen molar-refractivity contribution in [2.75, 3.05) is 4.90 Å². The van der Waals surface area contributed by atoms with E-state index in [9.17, 15) is 0 Å². The molecule has 0 aromatic heterocycles. The summed E-state index contributed by atoms with van der Waals surface area (Å²) in [5, 5.41) is 0. The molecule has 0 unspecified atom stereocenters. The minimum Gasteiger partial charge on any atom is -0.457 e. The average Bonchev–Trinajstić information content (AvgIpc) is 3.79. The van der Waals surface area contributed by atoms with Crippen molar-refractivity contribution in [3.8, 4) is 67.1 Å². The molecule has 2 nitrogen and oxygen atoms in total. The van der Waals surface area contributed by atoms with Crippen LogP contribution in [0.25, 0.3) is 55.6 Å². The number of nitrogens with zero attached hydrogens (tertiary/aromatic N) is 1. The summed E-state index contributed by atoms with van der Waals surface area (Å²) in [5.74, 6) is 1.74. The average molecular weight is 844 g/mol. The van der Waals surface area contributed by atoms with Crippen LogP contribution in [0.3, 0.4) is 0 Å². The summed E-state index contributed by atoms with van der Waals surface area (Å²) < 4.78 is 7.18. The number of benzene rings is 10. The standard InChI is InChI=1S/C64H45NO/c1-63(2)54-27-15-12-25-50(54)52-34-32-47(40-58(52)63)65(60-29-17-14-24-49(60)44-22-10-5-11-23-44)48-33-35-53-51-26-13-16-28-55(51)64(59(53)41-48)56-36-30-45(42-18-6-3-7-19-42)38-61(56)66-62-39-46(31-37-57(62)64)43-20-8-4-9-21-43/h3-41H,1-2H3. The van der Waals surface area contributed by atoms with Crippen LogP contribution in [0.5, 0.6) is 11.5 Å². The molecule has 10 aromatic carbocycles. The first-order chi connectivity index (χ1) is 32.5. The molecular weight excluding hydrogens is 799 g/mol. The quantitative estimate of drug-likeness (QED) is 0.165. The normalized spacial score (nSPS) is 14.0. The molecule has 0 saturated heterocycles. The van der Waals surface area contributed by atoms with Crippen molar-refractivity contribution in [2.24, 2.45) is 0 Å². The van der Waals surface area contributed by atoms with Crippen LogP contribution in [-0.2, 0) is 10.8 Å². The van der Waals surface area contributed by atoms with Crippen LogP contribution < -0.4 is 9.64 Å². The highest BCUT2D eigenvalue weighted by Crippen LogP contribution is 2.63. The fraction of sp³-hybridized carbons (Fsp3) is 0.0625. The Kier molecular flexibility index (Phi) is 8.51. The summed E-state index contributed by atoms with van der Waals surface area (Å²) in [6.07, 6.45) is 0. The lowest BCUT2D eigenvalue weighted by Gasteiger charge is -2.40. The van der Waals surface area contributed by atoms with Gasteiger partial charge in [-0.15, -0.1) is 0 Å². The Bertz CT molecular complexity index is 3440. The van der Waals surface area contributed by atoms with Gasteiger partial charge in [-0.25, -0.2) is 0 Å². The Morgan fingerprint density at radius 3 is 1.33 bits per heavy atom. The minimum atomic E-state index is -0.679. The highest BCUT2D eigenvalue weighted by molar-refractivity contribution is 5.95. The van der Waals surface area contributed by atoms with Crippen molar-refractivity contribution in [1.29, 1.82) is 0 Å². The van der Waals surface area contributed by atoms with Crippen LogP contribution >= 0.6 is 0 Å². The van der Waals surface area contributed by atoms with Gasteiger partial charge in [0.1, 0.15) is 11.5 Å². The van der Waals surface area contributed by atoms with E-state index in [2.05, 4.69) is 255 Å². The summed E-state index contributed by atoms with van der Waals surface area (Å²) in [6.45, 7) is 4.74. The molecule has 0 saturated carbocycles. The molecule has 312 valence electrons. The van der Waals surface area contributed by atoms with E-state index in [4.69, 9.17) is 4.74 Å². The first kappa shape index (κ1) is 38.3. The fourth-order valence-electron chi connectivity index (χ4n) is 11.5. The lowest BCUT2D eigenvalue weighted by Crippen LogP contribution is -2.32. The van der Waals surface area contributed by atoms with Gasteiger partial charge in [-0.3, -0.25) is 0 Å². The molecule has 0 N–H and O–H groups in total. The Balaban J connectivity index is 1.08. The van der Waals surface area contributed by atoms with Gasteiger partial charge in [-0.2, -0.15) is 0 Å². The van der Waals surface area contributed by atoms with Gasteiger partial charge in [0.25, 0.3) is 0 Å². The van der Waals surface area contributed by atoms with Crippen LogP contribution in [0.4, 0.5) is 17.1 Å². The predicted octanol–water partition coefficient (Wildman–Crippen LogP) is 16.9. The largest absolute Gasteiger partial charge is 0.457 e. The van der Waals surface area contributed by atoms with Crippen LogP contribution in [0.2, 0.25) is 0 Å². The first-order valence-corrected chi connectivity index (χ1v) is 23.0. The lowest BCUT2D eigenvalue weighted by atomic mass is 9.65.